The van der Waals surface area contributed by atoms with Gasteiger partial charge in [-0.15, -0.1) is 0 Å². The Balaban J connectivity index is 2.13. The Bertz CT molecular complexity index is 194. The van der Waals surface area contributed by atoms with Crippen LogP contribution in [-0.4, -0.2) is 18.6 Å². The van der Waals surface area contributed by atoms with E-state index in [4.69, 9.17) is 0 Å². The van der Waals surface area contributed by atoms with Gasteiger partial charge in [-0.25, -0.2) is 4.79 Å². The van der Waals surface area contributed by atoms with Crippen molar-refractivity contribution in [3.05, 3.63) is 0 Å². The second-order valence-electron chi connectivity index (χ2n) is 4.72. The molecule has 1 saturated carbocycles. The molecule has 88 valence electrons. The first-order valence-electron chi connectivity index (χ1n) is 6.26. The summed E-state index contributed by atoms with van der Waals surface area (Å²) < 4.78 is 0. The standard InChI is InChI=1S/C12H24N2O/c1-3-4-8-13-12(15)14-11-7-5-6-10(2)9-11/h10-11H,3-9H2,1-2H3,(H2,13,14,15). The van der Waals surface area contributed by atoms with E-state index in [0.717, 1.165) is 38.1 Å². The Morgan fingerprint density at radius 2 is 2.20 bits per heavy atom. The highest BCUT2D eigenvalue weighted by molar-refractivity contribution is 5.74. The molecule has 2 amide bonds. The minimum Gasteiger partial charge on any atom is -0.338 e. The van der Waals surface area contributed by atoms with Crippen LogP contribution in [-0.2, 0) is 0 Å². The van der Waals surface area contributed by atoms with Crippen LogP contribution in [0.3, 0.4) is 0 Å². The summed E-state index contributed by atoms with van der Waals surface area (Å²) in [6, 6.07) is 0.415. The molecule has 0 spiro atoms. The van der Waals surface area contributed by atoms with Crippen molar-refractivity contribution in [3.8, 4) is 0 Å². The van der Waals surface area contributed by atoms with E-state index >= 15 is 0 Å². The van der Waals surface area contributed by atoms with Gasteiger partial charge in [-0.1, -0.05) is 33.1 Å². The lowest BCUT2D eigenvalue weighted by Gasteiger charge is -2.27. The van der Waals surface area contributed by atoms with Crippen molar-refractivity contribution in [2.24, 2.45) is 5.92 Å². The minimum absolute atomic E-state index is 0.0163. The molecule has 0 heterocycles. The van der Waals surface area contributed by atoms with Crippen LogP contribution in [0.1, 0.15) is 52.4 Å². The summed E-state index contributed by atoms with van der Waals surface area (Å²) in [4.78, 5) is 11.5. The molecule has 1 aliphatic carbocycles. The lowest BCUT2D eigenvalue weighted by molar-refractivity contribution is 0.227. The second kappa shape index (κ2) is 6.70. The van der Waals surface area contributed by atoms with E-state index < -0.39 is 0 Å². The first-order valence-corrected chi connectivity index (χ1v) is 6.26. The Hall–Kier alpha value is -0.730. The van der Waals surface area contributed by atoms with Crippen molar-refractivity contribution in [2.75, 3.05) is 6.54 Å². The molecule has 0 aromatic heterocycles. The molecule has 1 fully saturated rings. The number of nitrogens with one attached hydrogen (secondary N) is 2. The van der Waals surface area contributed by atoms with E-state index in [0.29, 0.717) is 6.04 Å². The number of hydrogen-bond acceptors (Lipinski definition) is 1. The zero-order valence-corrected chi connectivity index (χ0v) is 10.0. The topological polar surface area (TPSA) is 41.1 Å². The minimum atomic E-state index is 0.0163. The zero-order valence-electron chi connectivity index (χ0n) is 10.0. The average molecular weight is 212 g/mol. The third-order valence-electron chi connectivity index (χ3n) is 3.09. The van der Waals surface area contributed by atoms with Gasteiger partial charge in [0, 0.05) is 12.6 Å². The lowest BCUT2D eigenvalue weighted by atomic mass is 9.87. The third-order valence-corrected chi connectivity index (χ3v) is 3.09. The molecule has 0 aromatic carbocycles. The molecule has 1 aliphatic rings. The van der Waals surface area contributed by atoms with Gasteiger partial charge in [-0.3, -0.25) is 0 Å². The van der Waals surface area contributed by atoms with Gasteiger partial charge in [0.2, 0.25) is 0 Å². The van der Waals surface area contributed by atoms with Crippen LogP contribution in [0.2, 0.25) is 0 Å². The molecule has 0 aliphatic heterocycles. The van der Waals surface area contributed by atoms with E-state index in [2.05, 4.69) is 24.5 Å². The Labute approximate surface area is 93.0 Å². The molecule has 15 heavy (non-hydrogen) atoms. The van der Waals surface area contributed by atoms with Crippen molar-refractivity contribution in [1.82, 2.24) is 10.6 Å². The van der Waals surface area contributed by atoms with Crippen LogP contribution >= 0.6 is 0 Å². The molecule has 3 nitrogen and oxygen atoms in total. The Kier molecular flexibility index (Phi) is 5.51. The normalized spacial score (nSPS) is 26.0. The van der Waals surface area contributed by atoms with E-state index in [-0.39, 0.29) is 6.03 Å². The predicted octanol–water partition coefficient (Wildman–Crippen LogP) is 2.66. The molecule has 0 radical (unpaired) electrons. The molecular formula is C12H24N2O. The highest BCUT2D eigenvalue weighted by Gasteiger charge is 2.19. The molecule has 2 unspecified atom stereocenters. The van der Waals surface area contributed by atoms with Crippen LogP contribution in [0.4, 0.5) is 4.79 Å². The van der Waals surface area contributed by atoms with Crippen molar-refractivity contribution in [1.29, 1.82) is 0 Å². The summed E-state index contributed by atoms with van der Waals surface area (Å²) in [6.45, 7) is 5.19. The van der Waals surface area contributed by atoms with Crippen molar-refractivity contribution in [2.45, 2.75) is 58.4 Å². The van der Waals surface area contributed by atoms with E-state index in [1.165, 1.54) is 12.8 Å². The monoisotopic (exact) mass is 212 g/mol. The first kappa shape index (κ1) is 12.3. The molecule has 0 saturated heterocycles. The summed E-state index contributed by atoms with van der Waals surface area (Å²) in [7, 11) is 0. The predicted molar refractivity (Wildman–Crippen MR) is 62.9 cm³/mol. The average Bonchev–Trinajstić information content (AvgIpc) is 2.18. The maximum atomic E-state index is 11.5. The number of carbonyl (C=O) groups excluding carboxylic acids is 1. The van der Waals surface area contributed by atoms with Crippen LogP contribution in [0.5, 0.6) is 0 Å². The number of urea groups is 1. The fraction of sp³-hybridized carbons (Fsp3) is 0.917. The maximum absolute atomic E-state index is 11.5. The lowest BCUT2D eigenvalue weighted by Crippen LogP contribution is -2.44. The van der Waals surface area contributed by atoms with Gasteiger partial charge in [-0.2, -0.15) is 0 Å². The molecule has 0 bridgehead atoms. The molecule has 0 aromatic rings. The van der Waals surface area contributed by atoms with Gasteiger partial charge in [-0.05, 0) is 25.2 Å². The maximum Gasteiger partial charge on any atom is 0.315 e. The Morgan fingerprint density at radius 1 is 1.40 bits per heavy atom. The van der Waals surface area contributed by atoms with Crippen LogP contribution < -0.4 is 10.6 Å². The van der Waals surface area contributed by atoms with Gasteiger partial charge in [0.1, 0.15) is 0 Å². The smallest absolute Gasteiger partial charge is 0.315 e. The highest BCUT2D eigenvalue weighted by Crippen LogP contribution is 2.23. The zero-order chi connectivity index (χ0) is 11.1. The van der Waals surface area contributed by atoms with E-state index in [1.807, 2.05) is 0 Å². The number of hydrogen-bond donors (Lipinski definition) is 2. The molecule has 1 rings (SSSR count). The van der Waals surface area contributed by atoms with Gasteiger partial charge < -0.3 is 10.6 Å². The first-order chi connectivity index (χ1) is 7.22. The van der Waals surface area contributed by atoms with Crippen LogP contribution in [0.25, 0.3) is 0 Å². The number of rotatable bonds is 4. The Morgan fingerprint density at radius 3 is 2.87 bits per heavy atom. The van der Waals surface area contributed by atoms with E-state index in [1.54, 1.807) is 0 Å². The molecule has 2 N–H and O–H groups in total. The largest absolute Gasteiger partial charge is 0.338 e. The van der Waals surface area contributed by atoms with Crippen molar-refractivity contribution in [3.63, 3.8) is 0 Å². The summed E-state index contributed by atoms with van der Waals surface area (Å²) in [5.41, 5.74) is 0. The van der Waals surface area contributed by atoms with Crippen LogP contribution in [0.15, 0.2) is 0 Å². The SMILES string of the molecule is CCCCNC(=O)NC1CCCC(C)C1. The second-order valence-corrected chi connectivity index (χ2v) is 4.72. The summed E-state index contributed by atoms with van der Waals surface area (Å²) in [6.07, 6.45) is 7.04. The molecule has 3 heteroatoms. The quantitative estimate of drug-likeness (QED) is 0.691. The highest BCUT2D eigenvalue weighted by atomic mass is 16.2. The molecular weight excluding hydrogens is 188 g/mol. The summed E-state index contributed by atoms with van der Waals surface area (Å²) >= 11 is 0. The van der Waals surface area contributed by atoms with Crippen LogP contribution in [0, 0.1) is 5.92 Å². The fourth-order valence-electron chi connectivity index (χ4n) is 2.18. The van der Waals surface area contributed by atoms with Crippen molar-refractivity contribution < 1.29 is 4.79 Å². The van der Waals surface area contributed by atoms with Gasteiger partial charge in [0.05, 0.1) is 0 Å². The van der Waals surface area contributed by atoms with Gasteiger partial charge in [0.15, 0.2) is 0 Å². The number of unbranched alkanes of at least 4 members (excludes halogenated alkanes) is 1. The fourth-order valence-corrected chi connectivity index (χ4v) is 2.18. The van der Waals surface area contributed by atoms with Gasteiger partial charge in [0.25, 0.3) is 0 Å². The van der Waals surface area contributed by atoms with E-state index in [9.17, 15) is 4.79 Å². The number of amides is 2. The third kappa shape index (κ3) is 5.05. The number of carbonyl (C=O) groups is 1. The summed E-state index contributed by atoms with van der Waals surface area (Å²) in [5, 5.41) is 5.95. The van der Waals surface area contributed by atoms with Gasteiger partial charge >= 0.3 is 6.03 Å². The van der Waals surface area contributed by atoms with Crippen molar-refractivity contribution >= 4 is 6.03 Å². The molecule has 2 atom stereocenters. The summed E-state index contributed by atoms with van der Waals surface area (Å²) in [5.74, 6) is 0.764.